The summed E-state index contributed by atoms with van der Waals surface area (Å²) in [5, 5.41) is 13.0. The number of aromatic carboxylic acids is 1. The summed E-state index contributed by atoms with van der Waals surface area (Å²) >= 11 is 1.23. The lowest BCUT2D eigenvalue weighted by atomic mass is 10.0. The maximum atomic E-state index is 11.1. The van der Waals surface area contributed by atoms with E-state index >= 15 is 0 Å². The van der Waals surface area contributed by atoms with Crippen LogP contribution in [-0.2, 0) is 0 Å². The van der Waals surface area contributed by atoms with Gasteiger partial charge in [-0.05, 0) is 37.7 Å². The maximum absolute atomic E-state index is 11.1. The van der Waals surface area contributed by atoms with E-state index in [2.05, 4.69) is 30.5 Å². The number of carboxylic acids is 1. The highest BCUT2D eigenvalue weighted by Gasteiger charge is 2.19. The van der Waals surface area contributed by atoms with Crippen molar-refractivity contribution in [1.29, 1.82) is 0 Å². The van der Waals surface area contributed by atoms with Crippen LogP contribution in [0.4, 0.5) is 5.00 Å². The molecule has 0 aliphatic rings. The minimum atomic E-state index is -0.908. The fraction of sp³-hybridized carbons (Fsp3) is 0.667. The van der Waals surface area contributed by atoms with Crippen molar-refractivity contribution in [2.75, 3.05) is 5.32 Å². The second kappa shape index (κ2) is 6.00. The molecule has 0 aliphatic carbocycles. The average molecular weight is 256 g/mol. The number of aromatic nitrogens is 1. The lowest BCUT2D eigenvalue weighted by Crippen LogP contribution is -2.19. The Bertz CT molecular complexity index is 390. The van der Waals surface area contributed by atoms with Crippen LogP contribution in [0.15, 0.2) is 0 Å². The molecular formula is C12H20N2O2S. The van der Waals surface area contributed by atoms with Crippen LogP contribution in [-0.4, -0.2) is 21.5 Å². The van der Waals surface area contributed by atoms with Crippen molar-refractivity contribution in [1.82, 2.24) is 4.37 Å². The van der Waals surface area contributed by atoms with Crippen LogP contribution in [0.2, 0.25) is 0 Å². The zero-order valence-corrected chi connectivity index (χ0v) is 11.6. The second-order valence-corrected chi connectivity index (χ2v) is 5.35. The molecule has 0 spiro atoms. The van der Waals surface area contributed by atoms with Gasteiger partial charge in [0.05, 0.1) is 5.69 Å². The second-order valence-electron chi connectivity index (χ2n) is 4.57. The summed E-state index contributed by atoms with van der Waals surface area (Å²) < 4.78 is 4.09. The van der Waals surface area contributed by atoms with Gasteiger partial charge in [-0.1, -0.05) is 20.3 Å². The third kappa shape index (κ3) is 3.70. The van der Waals surface area contributed by atoms with Gasteiger partial charge < -0.3 is 10.4 Å². The lowest BCUT2D eigenvalue weighted by Gasteiger charge is -2.17. The van der Waals surface area contributed by atoms with E-state index in [-0.39, 0.29) is 6.04 Å². The Morgan fingerprint density at radius 3 is 2.71 bits per heavy atom. The molecule has 4 nitrogen and oxygen atoms in total. The summed E-state index contributed by atoms with van der Waals surface area (Å²) in [7, 11) is 0. The third-order valence-corrected chi connectivity index (χ3v) is 3.78. The molecule has 1 rings (SSSR count). The largest absolute Gasteiger partial charge is 0.478 e. The SMILES string of the molecule is CCC(C)CC(C)Nc1snc(C)c1C(=O)O. The Morgan fingerprint density at radius 1 is 1.53 bits per heavy atom. The molecule has 5 heteroatoms. The molecule has 1 heterocycles. The van der Waals surface area contributed by atoms with Gasteiger partial charge in [-0.15, -0.1) is 0 Å². The van der Waals surface area contributed by atoms with Crippen LogP contribution in [0.1, 0.15) is 49.7 Å². The van der Waals surface area contributed by atoms with E-state index in [1.165, 1.54) is 11.5 Å². The molecule has 0 saturated carbocycles. The van der Waals surface area contributed by atoms with Crippen molar-refractivity contribution in [3.63, 3.8) is 0 Å². The van der Waals surface area contributed by atoms with Crippen LogP contribution in [0.25, 0.3) is 0 Å². The van der Waals surface area contributed by atoms with E-state index in [0.717, 1.165) is 12.8 Å². The predicted octanol–water partition coefficient (Wildman–Crippen LogP) is 3.39. The summed E-state index contributed by atoms with van der Waals surface area (Å²) in [5.41, 5.74) is 0.895. The zero-order valence-electron chi connectivity index (χ0n) is 10.8. The first-order valence-electron chi connectivity index (χ1n) is 5.91. The standard InChI is InChI=1S/C12H20N2O2S/c1-5-7(2)6-8(3)13-11-10(12(15)16)9(4)14-17-11/h7-8,13H,5-6H2,1-4H3,(H,15,16). The first-order chi connectivity index (χ1) is 7.95. The molecule has 0 bridgehead atoms. The van der Waals surface area contributed by atoms with Gasteiger partial charge in [0.1, 0.15) is 10.6 Å². The van der Waals surface area contributed by atoms with Crippen molar-refractivity contribution in [3.05, 3.63) is 11.3 Å². The Hall–Kier alpha value is -1.10. The van der Waals surface area contributed by atoms with Gasteiger partial charge in [0, 0.05) is 6.04 Å². The molecule has 2 unspecified atom stereocenters. The zero-order chi connectivity index (χ0) is 13.0. The highest BCUT2D eigenvalue weighted by molar-refractivity contribution is 7.10. The van der Waals surface area contributed by atoms with E-state index in [9.17, 15) is 4.79 Å². The van der Waals surface area contributed by atoms with Crippen molar-refractivity contribution in [2.45, 2.75) is 46.6 Å². The minimum absolute atomic E-state index is 0.267. The molecule has 0 fully saturated rings. The van der Waals surface area contributed by atoms with Gasteiger partial charge in [-0.3, -0.25) is 0 Å². The molecule has 1 aromatic rings. The summed E-state index contributed by atoms with van der Waals surface area (Å²) in [6, 6.07) is 0.267. The number of rotatable bonds is 6. The summed E-state index contributed by atoms with van der Waals surface area (Å²) in [6.45, 7) is 8.17. The van der Waals surface area contributed by atoms with Crippen LogP contribution in [0.3, 0.4) is 0 Å². The van der Waals surface area contributed by atoms with Gasteiger partial charge in [0.2, 0.25) is 0 Å². The molecule has 96 valence electrons. The fourth-order valence-electron chi connectivity index (χ4n) is 1.77. The van der Waals surface area contributed by atoms with Crippen LogP contribution >= 0.6 is 11.5 Å². The number of nitrogens with zero attached hydrogens (tertiary/aromatic N) is 1. The topological polar surface area (TPSA) is 62.2 Å². The number of hydrogen-bond donors (Lipinski definition) is 2. The molecule has 0 aromatic carbocycles. The molecule has 1 aromatic heterocycles. The van der Waals surface area contributed by atoms with Crippen molar-refractivity contribution < 1.29 is 9.90 Å². The maximum Gasteiger partial charge on any atom is 0.340 e. The molecule has 2 N–H and O–H groups in total. The summed E-state index contributed by atoms with van der Waals surface area (Å²) in [6.07, 6.45) is 2.17. The number of aryl methyl sites for hydroxylation is 1. The van der Waals surface area contributed by atoms with Crippen molar-refractivity contribution in [2.24, 2.45) is 5.92 Å². The predicted molar refractivity (Wildman–Crippen MR) is 71.0 cm³/mol. The molecule has 2 atom stereocenters. The lowest BCUT2D eigenvalue weighted by molar-refractivity contribution is 0.0697. The first-order valence-corrected chi connectivity index (χ1v) is 6.69. The van der Waals surface area contributed by atoms with Gasteiger partial charge in [0.15, 0.2) is 0 Å². The van der Waals surface area contributed by atoms with Crippen LogP contribution in [0.5, 0.6) is 0 Å². The number of carboxylic acid groups (broad SMARTS) is 1. The Labute approximate surface area is 106 Å². The molecule has 0 aliphatic heterocycles. The highest BCUT2D eigenvalue weighted by Crippen LogP contribution is 2.26. The molecule has 0 radical (unpaired) electrons. The molecule has 0 saturated heterocycles. The number of nitrogens with one attached hydrogen (secondary N) is 1. The quantitative estimate of drug-likeness (QED) is 0.819. The number of anilines is 1. The van der Waals surface area contributed by atoms with Gasteiger partial charge in [-0.2, -0.15) is 4.37 Å². The van der Waals surface area contributed by atoms with Crippen LogP contribution < -0.4 is 5.32 Å². The number of hydrogen-bond acceptors (Lipinski definition) is 4. The number of carbonyl (C=O) groups is 1. The monoisotopic (exact) mass is 256 g/mol. The summed E-state index contributed by atoms with van der Waals surface area (Å²) in [4.78, 5) is 11.1. The Balaban J connectivity index is 2.71. The van der Waals surface area contributed by atoms with E-state index in [1.807, 2.05) is 0 Å². The van der Waals surface area contributed by atoms with Gasteiger partial charge >= 0.3 is 5.97 Å². The third-order valence-electron chi connectivity index (χ3n) is 2.91. The van der Waals surface area contributed by atoms with Crippen molar-refractivity contribution in [3.8, 4) is 0 Å². The van der Waals surface area contributed by atoms with E-state index in [4.69, 9.17) is 5.11 Å². The van der Waals surface area contributed by atoms with E-state index < -0.39 is 5.97 Å². The Kier molecular flexibility index (Phi) is 4.93. The van der Waals surface area contributed by atoms with Gasteiger partial charge in [0.25, 0.3) is 0 Å². The summed E-state index contributed by atoms with van der Waals surface area (Å²) in [5.74, 6) is -0.269. The van der Waals surface area contributed by atoms with E-state index in [1.54, 1.807) is 6.92 Å². The van der Waals surface area contributed by atoms with E-state index in [0.29, 0.717) is 22.2 Å². The normalized spacial score (nSPS) is 14.4. The van der Waals surface area contributed by atoms with Gasteiger partial charge in [-0.25, -0.2) is 4.79 Å². The molecule has 0 amide bonds. The molecule has 17 heavy (non-hydrogen) atoms. The highest BCUT2D eigenvalue weighted by atomic mass is 32.1. The van der Waals surface area contributed by atoms with Crippen LogP contribution in [0, 0.1) is 12.8 Å². The van der Waals surface area contributed by atoms with Crippen molar-refractivity contribution >= 4 is 22.5 Å². The fourth-order valence-corrected chi connectivity index (χ4v) is 2.67. The molecular weight excluding hydrogens is 236 g/mol. The Morgan fingerprint density at radius 2 is 2.18 bits per heavy atom. The smallest absolute Gasteiger partial charge is 0.340 e. The minimum Gasteiger partial charge on any atom is -0.478 e. The average Bonchev–Trinajstić information content (AvgIpc) is 2.59. The first kappa shape index (κ1) is 14.0.